The van der Waals surface area contributed by atoms with Gasteiger partial charge in [-0.2, -0.15) is 5.10 Å². The number of hydrogen-bond donors (Lipinski definition) is 1. The minimum absolute atomic E-state index is 0.220. The summed E-state index contributed by atoms with van der Waals surface area (Å²) in [6.45, 7) is 11.6. The Kier molecular flexibility index (Phi) is 6.87. The van der Waals surface area contributed by atoms with Gasteiger partial charge in [0.15, 0.2) is 0 Å². The summed E-state index contributed by atoms with van der Waals surface area (Å²) in [6.07, 6.45) is 1.57. The second-order valence-electron chi connectivity index (χ2n) is 8.15. The van der Waals surface area contributed by atoms with E-state index in [-0.39, 0.29) is 6.09 Å². The van der Waals surface area contributed by atoms with Crippen LogP contribution >= 0.6 is 11.3 Å². The van der Waals surface area contributed by atoms with Gasteiger partial charge in [-0.1, -0.05) is 24.3 Å². The van der Waals surface area contributed by atoms with E-state index in [1.165, 1.54) is 16.9 Å². The molecule has 0 aliphatic carbocycles. The minimum atomic E-state index is -0.450. The molecule has 0 atom stereocenters. The Morgan fingerprint density at radius 3 is 2.52 bits per heavy atom. The van der Waals surface area contributed by atoms with Gasteiger partial charge in [0.1, 0.15) is 5.60 Å². The maximum absolute atomic E-state index is 12.2. The van der Waals surface area contributed by atoms with Gasteiger partial charge in [-0.05, 0) is 38.8 Å². The molecule has 29 heavy (non-hydrogen) atoms. The molecule has 2 heterocycles. The molecule has 1 amide bonds. The van der Waals surface area contributed by atoms with Crippen LogP contribution in [0.25, 0.3) is 0 Å². The molecule has 7 nitrogen and oxygen atoms in total. The summed E-state index contributed by atoms with van der Waals surface area (Å²) in [7, 11) is 0. The molecule has 0 saturated carbocycles. The first-order valence-corrected chi connectivity index (χ1v) is 10.7. The van der Waals surface area contributed by atoms with Crippen LogP contribution in [0.2, 0.25) is 0 Å². The van der Waals surface area contributed by atoms with Gasteiger partial charge in [0.25, 0.3) is 0 Å². The van der Waals surface area contributed by atoms with E-state index in [2.05, 4.69) is 44.7 Å². The van der Waals surface area contributed by atoms with Crippen molar-refractivity contribution < 1.29 is 9.53 Å². The molecule has 8 heteroatoms. The fourth-order valence-corrected chi connectivity index (χ4v) is 3.59. The van der Waals surface area contributed by atoms with Gasteiger partial charge in [-0.15, -0.1) is 11.3 Å². The Morgan fingerprint density at radius 2 is 1.93 bits per heavy atom. The predicted octanol–water partition coefficient (Wildman–Crippen LogP) is 3.95. The molecule has 1 saturated heterocycles. The molecule has 3 rings (SSSR count). The largest absolute Gasteiger partial charge is 0.444 e. The number of aromatic nitrogens is 1. The zero-order valence-corrected chi connectivity index (χ0v) is 18.3. The van der Waals surface area contributed by atoms with Crippen LogP contribution in [0, 0.1) is 6.92 Å². The maximum atomic E-state index is 12.2. The number of hydrazone groups is 1. The van der Waals surface area contributed by atoms with Crippen LogP contribution in [-0.2, 0) is 11.3 Å². The van der Waals surface area contributed by atoms with E-state index in [0.717, 1.165) is 36.0 Å². The van der Waals surface area contributed by atoms with Gasteiger partial charge in [0, 0.05) is 38.1 Å². The van der Waals surface area contributed by atoms with Crippen molar-refractivity contribution in [1.29, 1.82) is 0 Å². The lowest BCUT2D eigenvalue weighted by Gasteiger charge is -2.35. The summed E-state index contributed by atoms with van der Waals surface area (Å²) in [5.41, 5.74) is 5.77. The van der Waals surface area contributed by atoms with Crippen LogP contribution in [0.5, 0.6) is 0 Å². The standard InChI is InChI=1S/C21H29N5O2S/c1-16-15-29-19(23-16)24-22-13-17-5-7-18(8-6-17)14-25-9-11-26(12-10-25)20(27)28-21(2,3)4/h5-8,13,15H,9-12,14H2,1-4H3,(H,23,24). The van der Waals surface area contributed by atoms with Crippen molar-refractivity contribution in [3.63, 3.8) is 0 Å². The molecule has 0 bridgehead atoms. The van der Waals surface area contributed by atoms with Crippen LogP contribution in [0.3, 0.4) is 0 Å². The third-order valence-electron chi connectivity index (χ3n) is 4.40. The summed E-state index contributed by atoms with van der Waals surface area (Å²) < 4.78 is 5.45. The van der Waals surface area contributed by atoms with Crippen LogP contribution in [-0.4, -0.2) is 58.9 Å². The summed E-state index contributed by atoms with van der Waals surface area (Å²) in [5.74, 6) is 0. The number of piperazine rings is 1. The number of ether oxygens (including phenoxy) is 1. The highest BCUT2D eigenvalue weighted by Crippen LogP contribution is 2.15. The molecule has 2 aromatic rings. The Morgan fingerprint density at radius 1 is 1.24 bits per heavy atom. The first kappa shape index (κ1) is 21.3. The average molecular weight is 416 g/mol. The highest BCUT2D eigenvalue weighted by molar-refractivity contribution is 7.13. The SMILES string of the molecule is Cc1csc(NN=Cc2ccc(CN3CCN(C(=O)OC(C)(C)C)CC3)cc2)n1. The maximum Gasteiger partial charge on any atom is 0.410 e. The monoisotopic (exact) mass is 415 g/mol. The molecular formula is C21H29N5O2S. The molecule has 0 radical (unpaired) electrons. The molecule has 1 N–H and O–H groups in total. The lowest BCUT2D eigenvalue weighted by Crippen LogP contribution is -2.49. The Bertz CT molecular complexity index is 834. The molecular weight excluding hydrogens is 386 g/mol. The lowest BCUT2D eigenvalue weighted by atomic mass is 10.1. The third kappa shape index (κ3) is 6.83. The van der Waals surface area contributed by atoms with E-state index in [1.807, 2.05) is 33.1 Å². The fourth-order valence-electron chi connectivity index (χ4n) is 2.95. The first-order valence-electron chi connectivity index (χ1n) is 9.79. The van der Waals surface area contributed by atoms with E-state index in [9.17, 15) is 4.79 Å². The topological polar surface area (TPSA) is 70.1 Å². The molecule has 1 fully saturated rings. The van der Waals surface area contributed by atoms with Crippen molar-refractivity contribution in [3.8, 4) is 0 Å². The highest BCUT2D eigenvalue weighted by atomic mass is 32.1. The van der Waals surface area contributed by atoms with Gasteiger partial charge in [0.05, 0.1) is 11.9 Å². The number of hydrogen-bond acceptors (Lipinski definition) is 7. The lowest BCUT2D eigenvalue weighted by molar-refractivity contribution is 0.0139. The number of carbonyl (C=O) groups excluding carboxylic acids is 1. The van der Waals surface area contributed by atoms with E-state index < -0.39 is 5.60 Å². The number of rotatable bonds is 5. The minimum Gasteiger partial charge on any atom is -0.444 e. The van der Waals surface area contributed by atoms with Crippen LogP contribution in [0.15, 0.2) is 34.7 Å². The second-order valence-corrected chi connectivity index (χ2v) is 9.01. The summed E-state index contributed by atoms with van der Waals surface area (Å²) in [5, 5.41) is 7.01. The average Bonchev–Trinajstić information content (AvgIpc) is 3.07. The molecule has 0 unspecified atom stereocenters. The number of amides is 1. The number of nitrogens with one attached hydrogen (secondary N) is 1. The predicted molar refractivity (Wildman–Crippen MR) is 118 cm³/mol. The fraction of sp³-hybridized carbons (Fsp3) is 0.476. The Labute approximate surface area is 176 Å². The third-order valence-corrected chi connectivity index (χ3v) is 5.27. The summed E-state index contributed by atoms with van der Waals surface area (Å²) in [6, 6.07) is 8.36. The molecule has 156 valence electrons. The molecule has 1 aliphatic heterocycles. The number of benzene rings is 1. The van der Waals surface area contributed by atoms with Crippen LogP contribution in [0.1, 0.15) is 37.6 Å². The van der Waals surface area contributed by atoms with Gasteiger partial charge < -0.3 is 9.64 Å². The number of nitrogens with zero attached hydrogens (tertiary/aromatic N) is 4. The highest BCUT2D eigenvalue weighted by Gasteiger charge is 2.25. The van der Waals surface area contributed by atoms with Crippen molar-refractivity contribution in [1.82, 2.24) is 14.8 Å². The van der Waals surface area contributed by atoms with Crippen molar-refractivity contribution in [2.75, 3.05) is 31.6 Å². The van der Waals surface area contributed by atoms with Crippen LogP contribution in [0.4, 0.5) is 9.93 Å². The molecule has 1 aromatic heterocycles. The first-order chi connectivity index (χ1) is 13.8. The van der Waals surface area contributed by atoms with Gasteiger partial charge in [-0.25, -0.2) is 9.78 Å². The van der Waals surface area contributed by atoms with E-state index in [0.29, 0.717) is 13.1 Å². The Balaban J connectivity index is 1.44. The van der Waals surface area contributed by atoms with Crippen LogP contribution < -0.4 is 5.43 Å². The van der Waals surface area contributed by atoms with E-state index in [4.69, 9.17) is 4.74 Å². The Hall–Kier alpha value is -2.45. The molecule has 0 spiro atoms. The van der Waals surface area contributed by atoms with Gasteiger partial charge in [0.2, 0.25) is 5.13 Å². The van der Waals surface area contributed by atoms with Crippen molar-refractivity contribution in [2.45, 2.75) is 39.8 Å². The number of anilines is 1. The quantitative estimate of drug-likeness (QED) is 0.591. The van der Waals surface area contributed by atoms with E-state index in [1.54, 1.807) is 11.1 Å². The number of carbonyl (C=O) groups is 1. The molecule has 1 aliphatic rings. The van der Waals surface area contributed by atoms with Crippen molar-refractivity contribution in [2.24, 2.45) is 5.10 Å². The second kappa shape index (κ2) is 9.37. The van der Waals surface area contributed by atoms with Crippen molar-refractivity contribution in [3.05, 3.63) is 46.5 Å². The summed E-state index contributed by atoms with van der Waals surface area (Å²) in [4.78, 5) is 20.6. The van der Waals surface area contributed by atoms with E-state index >= 15 is 0 Å². The zero-order valence-electron chi connectivity index (χ0n) is 17.5. The smallest absolute Gasteiger partial charge is 0.410 e. The number of aryl methyl sites for hydroxylation is 1. The zero-order chi connectivity index (χ0) is 20.9. The van der Waals surface area contributed by atoms with Crippen molar-refractivity contribution >= 4 is 28.8 Å². The van der Waals surface area contributed by atoms with Gasteiger partial charge >= 0.3 is 6.09 Å². The molecule has 1 aromatic carbocycles. The normalized spacial score (nSPS) is 15.7. The number of thiazole rings is 1. The van der Waals surface area contributed by atoms with Gasteiger partial charge in [-0.3, -0.25) is 10.3 Å². The summed E-state index contributed by atoms with van der Waals surface area (Å²) >= 11 is 1.54.